The minimum Gasteiger partial charge on any atom is -0.497 e. The molecule has 0 saturated carbocycles. The monoisotopic (exact) mass is 438 g/mol. The number of carboxylic acids is 1. The van der Waals surface area contributed by atoms with E-state index >= 15 is 0 Å². The highest BCUT2D eigenvalue weighted by molar-refractivity contribution is 5.86. The van der Waals surface area contributed by atoms with E-state index in [1.54, 1.807) is 14.2 Å². The van der Waals surface area contributed by atoms with Crippen molar-refractivity contribution in [3.63, 3.8) is 0 Å². The maximum absolute atomic E-state index is 12.5. The average Bonchev–Trinajstić information content (AvgIpc) is 3.22. The summed E-state index contributed by atoms with van der Waals surface area (Å²) in [5, 5.41) is 15.8. The van der Waals surface area contributed by atoms with Gasteiger partial charge < -0.3 is 24.4 Å². The summed E-state index contributed by atoms with van der Waals surface area (Å²) in [6.07, 6.45) is 1.21. The van der Waals surface area contributed by atoms with Crippen LogP contribution in [0.3, 0.4) is 0 Å². The number of benzene rings is 2. The van der Waals surface area contributed by atoms with Crippen LogP contribution in [0.2, 0.25) is 0 Å². The topological polar surface area (TPSA) is 111 Å². The van der Waals surface area contributed by atoms with Crippen LogP contribution >= 0.6 is 0 Å². The third kappa shape index (κ3) is 5.87. The summed E-state index contributed by atoms with van der Waals surface area (Å²) in [6.45, 7) is 0.406. The second-order valence-corrected chi connectivity index (χ2v) is 7.16. The Balaban J connectivity index is 1.82. The van der Waals surface area contributed by atoms with Crippen molar-refractivity contribution in [3.8, 4) is 33.9 Å². The zero-order valence-electron chi connectivity index (χ0n) is 18.1. The van der Waals surface area contributed by atoms with Crippen LogP contribution in [0, 0.1) is 0 Å². The van der Waals surface area contributed by atoms with Crippen molar-refractivity contribution >= 4 is 11.9 Å². The Bertz CT molecular complexity index is 1040. The van der Waals surface area contributed by atoms with Gasteiger partial charge in [-0.1, -0.05) is 17.3 Å². The SMILES string of the molecule is COc1ccc(-c2noc(CC(=O)NCCCCC(=O)O)c2-c2ccc(OC)cc2)cc1. The van der Waals surface area contributed by atoms with Crippen molar-refractivity contribution in [1.82, 2.24) is 10.5 Å². The lowest BCUT2D eigenvalue weighted by molar-refractivity contribution is -0.137. The number of aromatic nitrogens is 1. The lowest BCUT2D eigenvalue weighted by atomic mass is 9.98. The minimum absolute atomic E-state index is 0.0173. The molecule has 0 aliphatic rings. The number of carbonyl (C=O) groups is 2. The van der Waals surface area contributed by atoms with E-state index in [1.165, 1.54) is 0 Å². The Morgan fingerprint density at radius 1 is 0.938 bits per heavy atom. The Labute approximate surface area is 186 Å². The summed E-state index contributed by atoms with van der Waals surface area (Å²) in [7, 11) is 3.20. The van der Waals surface area contributed by atoms with Crippen molar-refractivity contribution in [2.24, 2.45) is 0 Å². The molecule has 3 rings (SSSR count). The molecule has 32 heavy (non-hydrogen) atoms. The van der Waals surface area contributed by atoms with Gasteiger partial charge in [-0.2, -0.15) is 0 Å². The fourth-order valence-electron chi connectivity index (χ4n) is 3.28. The third-order valence-electron chi connectivity index (χ3n) is 4.97. The van der Waals surface area contributed by atoms with Crippen LogP contribution in [0.25, 0.3) is 22.4 Å². The Morgan fingerprint density at radius 2 is 1.53 bits per heavy atom. The van der Waals surface area contributed by atoms with Crippen LogP contribution in [0.15, 0.2) is 53.1 Å². The van der Waals surface area contributed by atoms with Gasteiger partial charge in [0.2, 0.25) is 5.91 Å². The number of nitrogens with zero attached hydrogens (tertiary/aromatic N) is 1. The summed E-state index contributed by atoms with van der Waals surface area (Å²) >= 11 is 0. The van der Waals surface area contributed by atoms with Crippen LogP contribution in [-0.4, -0.2) is 42.9 Å². The van der Waals surface area contributed by atoms with E-state index in [2.05, 4.69) is 10.5 Å². The molecule has 1 heterocycles. The number of aliphatic carboxylic acids is 1. The average molecular weight is 438 g/mol. The van der Waals surface area contributed by atoms with Crippen LogP contribution in [0.5, 0.6) is 11.5 Å². The van der Waals surface area contributed by atoms with Crippen molar-refractivity contribution in [1.29, 1.82) is 0 Å². The highest BCUT2D eigenvalue weighted by Gasteiger charge is 2.21. The van der Waals surface area contributed by atoms with E-state index < -0.39 is 5.97 Å². The molecule has 8 nitrogen and oxygen atoms in total. The van der Waals surface area contributed by atoms with Gasteiger partial charge in [0.25, 0.3) is 0 Å². The molecular formula is C24H26N2O6. The number of amides is 1. The Hall–Kier alpha value is -3.81. The summed E-state index contributed by atoms with van der Waals surface area (Å²) in [6, 6.07) is 14.9. The Kier molecular flexibility index (Phi) is 7.85. The normalized spacial score (nSPS) is 10.6. The number of methoxy groups -OCH3 is 2. The summed E-state index contributed by atoms with van der Waals surface area (Å²) in [5.41, 5.74) is 3.05. The molecule has 0 bridgehead atoms. The number of hydrogen-bond acceptors (Lipinski definition) is 6. The first kappa shape index (κ1) is 22.9. The molecule has 2 N–H and O–H groups in total. The molecule has 8 heteroatoms. The van der Waals surface area contributed by atoms with E-state index in [0.717, 1.165) is 28.2 Å². The smallest absolute Gasteiger partial charge is 0.303 e. The van der Waals surface area contributed by atoms with Gasteiger partial charge in [-0.25, -0.2) is 0 Å². The number of nitrogens with one attached hydrogen (secondary N) is 1. The van der Waals surface area contributed by atoms with E-state index in [0.29, 0.717) is 30.8 Å². The highest BCUT2D eigenvalue weighted by atomic mass is 16.5. The zero-order chi connectivity index (χ0) is 22.9. The molecular weight excluding hydrogens is 412 g/mol. The van der Waals surface area contributed by atoms with Crippen molar-refractivity contribution in [3.05, 3.63) is 54.3 Å². The third-order valence-corrected chi connectivity index (χ3v) is 4.97. The molecule has 0 aliphatic heterocycles. The molecule has 0 atom stereocenters. The zero-order valence-corrected chi connectivity index (χ0v) is 18.1. The van der Waals surface area contributed by atoms with Gasteiger partial charge in [-0.15, -0.1) is 0 Å². The molecule has 1 amide bonds. The van der Waals surface area contributed by atoms with Gasteiger partial charge in [0.15, 0.2) is 5.76 Å². The van der Waals surface area contributed by atoms with Crippen molar-refractivity contribution in [2.75, 3.05) is 20.8 Å². The predicted octanol–water partition coefficient (Wildman–Crippen LogP) is 3.94. The van der Waals surface area contributed by atoms with Crippen LogP contribution in [0.1, 0.15) is 25.0 Å². The van der Waals surface area contributed by atoms with Crippen molar-refractivity contribution < 1.29 is 28.7 Å². The Morgan fingerprint density at radius 3 is 2.09 bits per heavy atom. The quantitative estimate of drug-likeness (QED) is 0.436. The summed E-state index contributed by atoms with van der Waals surface area (Å²) in [5.74, 6) is 0.840. The van der Waals surface area contributed by atoms with Gasteiger partial charge in [0.1, 0.15) is 17.2 Å². The van der Waals surface area contributed by atoms with Gasteiger partial charge in [-0.3, -0.25) is 9.59 Å². The fraction of sp³-hybridized carbons (Fsp3) is 0.292. The maximum atomic E-state index is 12.5. The first-order chi connectivity index (χ1) is 15.5. The van der Waals surface area contributed by atoms with E-state index in [4.69, 9.17) is 19.1 Å². The van der Waals surface area contributed by atoms with Gasteiger partial charge in [0.05, 0.1) is 26.2 Å². The van der Waals surface area contributed by atoms with E-state index in [-0.39, 0.29) is 18.7 Å². The maximum Gasteiger partial charge on any atom is 0.303 e. The van der Waals surface area contributed by atoms with Gasteiger partial charge >= 0.3 is 5.97 Å². The lowest BCUT2D eigenvalue weighted by Gasteiger charge is -2.08. The first-order valence-corrected chi connectivity index (χ1v) is 10.3. The molecule has 2 aromatic carbocycles. The number of carboxylic acid groups (broad SMARTS) is 1. The minimum atomic E-state index is -0.840. The van der Waals surface area contributed by atoms with Crippen LogP contribution in [-0.2, 0) is 16.0 Å². The number of unbranched alkanes of at least 4 members (excludes halogenated alkanes) is 1. The molecule has 0 unspecified atom stereocenters. The van der Waals surface area contributed by atoms with E-state index in [9.17, 15) is 9.59 Å². The molecule has 0 aliphatic carbocycles. The number of ether oxygens (including phenoxy) is 2. The number of rotatable bonds is 11. The van der Waals surface area contributed by atoms with Crippen LogP contribution in [0.4, 0.5) is 0 Å². The molecule has 0 fully saturated rings. The number of hydrogen-bond donors (Lipinski definition) is 2. The second-order valence-electron chi connectivity index (χ2n) is 7.16. The second kappa shape index (κ2) is 11.0. The largest absolute Gasteiger partial charge is 0.497 e. The molecule has 3 aromatic rings. The molecule has 0 radical (unpaired) electrons. The summed E-state index contributed by atoms with van der Waals surface area (Å²) in [4.78, 5) is 23.1. The van der Waals surface area contributed by atoms with Crippen molar-refractivity contribution in [2.45, 2.75) is 25.7 Å². The molecule has 0 saturated heterocycles. The summed E-state index contributed by atoms with van der Waals surface area (Å²) < 4.78 is 16.1. The predicted molar refractivity (Wildman–Crippen MR) is 119 cm³/mol. The lowest BCUT2D eigenvalue weighted by Crippen LogP contribution is -2.26. The number of carbonyl (C=O) groups excluding carboxylic acids is 1. The first-order valence-electron chi connectivity index (χ1n) is 10.3. The molecule has 168 valence electrons. The van der Waals surface area contributed by atoms with E-state index in [1.807, 2.05) is 48.5 Å². The fourth-order valence-corrected chi connectivity index (χ4v) is 3.28. The highest BCUT2D eigenvalue weighted by Crippen LogP contribution is 2.36. The van der Waals surface area contributed by atoms with Gasteiger partial charge in [-0.05, 0) is 54.8 Å². The standard InChI is InChI=1S/C24H26N2O6/c1-30-18-10-6-16(7-11-18)23-20(15-21(27)25-14-4-3-5-22(28)29)32-26-24(23)17-8-12-19(31-2)13-9-17/h6-13H,3-5,14-15H2,1-2H3,(H,25,27)(H,28,29). The molecule has 1 aromatic heterocycles. The molecule has 0 spiro atoms. The van der Waals surface area contributed by atoms with Gasteiger partial charge in [0, 0.05) is 18.5 Å². The van der Waals surface area contributed by atoms with Crippen LogP contribution < -0.4 is 14.8 Å².